The van der Waals surface area contributed by atoms with Crippen molar-refractivity contribution in [2.45, 2.75) is 59.0 Å². The summed E-state index contributed by atoms with van der Waals surface area (Å²) in [7, 11) is 0. The van der Waals surface area contributed by atoms with Crippen LogP contribution in [0.5, 0.6) is 0 Å². The van der Waals surface area contributed by atoms with Crippen molar-refractivity contribution in [3.8, 4) is 0 Å². The summed E-state index contributed by atoms with van der Waals surface area (Å²) in [4.78, 5) is 11.3. The molecule has 0 radical (unpaired) electrons. The molecule has 0 unspecified atom stereocenters. The number of amides is 1. The number of hydrogen-bond donors (Lipinski definition) is 1. The van der Waals surface area contributed by atoms with Crippen LogP contribution < -0.4 is 5.32 Å². The zero-order chi connectivity index (χ0) is 11.7. The van der Waals surface area contributed by atoms with Gasteiger partial charge in [0.1, 0.15) is 0 Å². The summed E-state index contributed by atoms with van der Waals surface area (Å²) in [5.41, 5.74) is -0.0974. The van der Waals surface area contributed by atoms with Gasteiger partial charge < -0.3 is 10.1 Å². The fraction of sp³-hybridized carbons (Fsp3) is 0.917. The van der Waals surface area contributed by atoms with Crippen molar-refractivity contribution in [2.24, 2.45) is 0 Å². The number of ether oxygens (including phenoxy) is 1. The van der Waals surface area contributed by atoms with Gasteiger partial charge in [-0.15, -0.1) is 0 Å². The molecule has 15 heavy (non-hydrogen) atoms. The average Bonchev–Trinajstić information content (AvgIpc) is 2.14. The molecule has 0 aromatic heterocycles. The molecule has 0 aliphatic carbocycles. The van der Waals surface area contributed by atoms with Crippen LogP contribution in [0.1, 0.15) is 53.4 Å². The SMILES string of the molecule is CCCNC(=O)CCOC(C)(C)CCC. The van der Waals surface area contributed by atoms with Crippen LogP contribution in [0.15, 0.2) is 0 Å². The van der Waals surface area contributed by atoms with Crippen molar-refractivity contribution in [1.29, 1.82) is 0 Å². The first-order valence-corrected chi connectivity index (χ1v) is 5.92. The minimum atomic E-state index is -0.0974. The van der Waals surface area contributed by atoms with Crippen molar-refractivity contribution >= 4 is 5.91 Å². The Morgan fingerprint density at radius 3 is 2.47 bits per heavy atom. The van der Waals surface area contributed by atoms with Crippen LogP contribution in [0.4, 0.5) is 0 Å². The largest absolute Gasteiger partial charge is 0.375 e. The minimum absolute atomic E-state index is 0.0872. The Bertz CT molecular complexity index is 178. The maximum atomic E-state index is 11.3. The van der Waals surface area contributed by atoms with E-state index in [0.29, 0.717) is 13.0 Å². The van der Waals surface area contributed by atoms with Gasteiger partial charge in [0.25, 0.3) is 0 Å². The second-order valence-electron chi connectivity index (χ2n) is 4.46. The minimum Gasteiger partial charge on any atom is -0.375 e. The van der Waals surface area contributed by atoms with E-state index in [1.807, 2.05) is 6.92 Å². The lowest BCUT2D eigenvalue weighted by molar-refractivity contribution is -0.123. The molecular weight excluding hydrogens is 190 g/mol. The Morgan fingerprint density at radius 2 is 1.93 bits per heavy atom. The highest BCUT2D eigenvalue weighted by Gasteiger charge is 2.16. The van der Waals surface area contributed by atoms with Gasteiger partial charge in [0.05, 0.1) is 12.2 Å². The second kappa shape index (κ2) is 7.69. The third-order valence-corrected chi connectivity index (χ3v) is 2.25. The predicted octanol–water partition coefficient (Wildman–Crippen LogP) is 2.50. The standard InChI is InChI=1S/C12H25NO2/c1-5-8-12(3,4)15-10-7-11(14)13-9-6-2/h5-10H2,1-4H3,(H,13,14). The third-order valence-electron chi connectivity index (χ3n) is 2.25. The van der Waals surface area contributed by atoms with Crippen LogP contribution in [0.3, 0.4) is 0 Å². The molecule has 0 heterocycles. The summed E-state index contributed by atoms with van der Waals surface area (Å²) in [6.07, 6.45) is 3.58. The molecule has 0 spiro atoms. The van der Waals surface area contributed by atoms with Gasteiger partial charge in [0.2, 0.25) is 5.91 Å². The zero-order valence-electron chi connectivity index (χ0n) is 10.6. The second-order valence-corrected chi connectivity index (χ2v) is 4.46. The first-order valence-electron chi connectivity index (χ1n) is 5.92. The number of rotatable bonds is 8. The van der Waals surface area contributed by atoms with E-state index in [-0.39, 0.29) is 11.5 Å². The highest BCUT2D eigenvalue weighted by Crippen LogP contribution is 2.16. The Hall–Kier alpha value is -0.570. The number of hydrogen-bond acceptors (Lipinski definition) is 2. The first-order chi connectivity index (χ1) is 7.02. The van der Waals surface area contributed by atoms with E-state index in [4.69, 9.17) is 4.74 Å². The molecule has 1 amide bonds. The van der Waals surface area contributed by atoms with E-state index in [1.165, 1.54) is 0 Å². The number of carbonyl (C=O) groups excluding carboxylic acids is 1. The van der Waals surface area contributed by atoms with Gasteiger partial charge in [0.15, 0.2) is 0 Å². The Morgan fingerprint density at radius 1 is 1.27 bits per heavy atom. The molecule has 0 atom stereocenters. The fourth-order valence-electron chi connectivity index (χ4n) is 1.45. The molecule has 3 nitrogen and oxygen atoms in total. The molecule has 0 bridgehead atoms. The van der Waals surface area contributed by atoms with Crippen LogP contribution in [0.25, 0.3) is 0 Å². The van der Waals surface area contributed by atoms with Gasteiger partial charge >= 0.3 is 0 Å². The lowest BCUT2D eigenvalue weighted by Crippen LogP contribution is -2.29. The number of nitrogens with one attached hydrogen (secondary N) is 1. The molecular formula is C12H25NO2. The van der Waals surface area contributed by atoms with E-state index in [9.17, 15) is 4.79 Å². The summed E-state index contributed by atoms with van der Waals surface area (Å²) >= 11 is 0. The summed E-state index contributed by atoms with van der Waals surface area (Å²) in [5, 5.41) is 2.83. The van der Waals surface area contributed by atoms with E-state index in [1.54, 1.807) is 0 Å². The van der Waals surface area contributed by atoms with Crippen molar-refractivity contribution < 1.29 is 9.53 Å². The van der Waals surface area contributed by atoms with Crippen LogP contribution in [0, 0.1) is 0 Å². The van der Waals surface area contributed by atoms with Crippen LogP contribution in [0.2, 0.25) is 0 Å². The molecule has 0 saturated heterocycles. The van der Waals surface area contributed by atoms with Crippen LogP contribution in [-0.4, -0.2) is 24.7 Å². The molecule has 1 N–H and O–H groups in total. The van der Waals surface area contributed by atoms with E-state index in [2.05, 4.69) is 26.1 Å². The predicted molar refractivity (Wildman–Crippen MR) is 62.9 cm³/mol. The third kappa shape index (κ3) is 8.43. The molecule has 0 rings (SSSR count). The molecule has 0 saturated carbocycles. The van der Waals surface area contributed by atoms with Gasteiger partial charge in [-0.05, 0) is 26.7 Å². The summed E-state index contributed by atoms with van der Waals surface area (Å²) in [6, 6.07) is 0. The summed E-state index contributed by atoms with van der Waals surface area (Å²) in [5.74, 6) is 0.0872. The molecule has 0 fully saturated rings. The Labute approximate surface area is 93.6 Å². The van der Waals surface area contributed by atoms with Crippen LogP contribution >= 0.6 is 0 Å². The monoisotopic (exact) mass is 215 g/mol. The van der Waals surface area contributed by atoms with E-state index in [0.717, 1.165) is 25.8 Å². The zero-order valence-corrected chi connectivity index (χ0v) is 10.6. The van der Waals surface area contributed by atoms with Crippen molar-refractivity contribution in [1.82, 2.24) is 5.32 Å². The van der Waals surface area contributed by atoms with Crippen molar-refractivity contribution in [3.05, 3.63) is 0 Å². The van der Waals surface area contributed by atoms with Gasteiger partial charge in [0, 0.05) is 13.0 Å². The van der Waals surface area contributed by atoms with Gasteiger partial charge in [-0.2, -0.15) is 0 Å². The first kappa shape index (κ1) is 14.4. The summed E-state index contributed by atoms with van der Waals surface area (Å²) < 4.78 is 5.66. The van der Waals surface area contributed by atoms with Gasteiger partial charge in [-0.3, -0.25) is 4.79 Å². The van der Waals surface area contributed by atoms with E-state index < -0.39 is 0 Å². The highest BCUT2D eigenvalue weighted by molar-refractivity contribution is 5.75. The maximum Gasteiger partial charge on any atom is 0.222 e. The quantitative estimate of drug-likeness (QED) is 0.675. The van der Waals surface area contributed by atoms with Gasteiger partial charge in [-0.25, -0.2) is 0 Å². The smallest absolute Gasteiger partial charge is 0.222 e. The highest BCUT2D eigenvalue weighted by atomic mass is 16.5. The molecule has 0 aromatic rings. The lowest BCUT2D eigenvalue weighted by Gasteiger charge is -2.24. The normalized spacial score (nSPS) is 11.5. The van der Waals surface area contributed by atoms with Gasteiger partial charge in [-0.1, -0.05) is 20.3 Å². The Balaban J connectivity index is 3.55. The van der Waals surface area contributed by atoms with Crippen molar-refractivity contribution in [3.63, 3.8) is 0 Å². The number of carbonyl (C=O) groups is 1. The topological polar surface area (TPSA) is 38.3 Å². The maximum absolute atomic E-state index is 11.3. The molecule has 3 heteroatoms. The molecule has 90 valence electrons. The average molecular weight is 215 g/mol. The molecule has 0 aromatic carbocycles. The fourth-order valence-corrected chi connectivity index (χ4v) is 1.45. The Kier molecular flexibility index (Phi) is 7.39. The molecule has 0 aliphatic rings. The summed E-state index contributed by atoms with van der Waals surface area (Å²) in [6.45, 7) is 9.60. The lowest BCUT2D eigenvalue weighted by atomic mass is 10.0. The van der Waals surface area contributed by atoms with Crippen LogP contribution in [-0.2, 0) is 9.53 Å². The van der Waals surface area contributed by atoms with E-state index >= 15 is 0 Å². The van der Waals surface area contributed by atoms with Crippen molar-refractivity contribution in [2.75, 3.05) is 13.2 Å². The molecule has 0 aliphatic heterocycles.